The molecule has 0 aliphatic rings. The van der Waals surface area contributed by atoms with E-state index in [1.807, 2.05) is 13.8 Å². The topological polar surface area (TPSA) is 69.6 Å². The highest BCUT2D eigenvalue weighted by Gasteiger charge is 2.23. The van der Waals surface area contributed by atoms with Crippen molar-refractivity contribution in [3.05, 3.63) is 29.8 Å². The van der Waals surface area contributed by atoms with E-state index in [1.54, 1.807) is 18.2 Å². The number of carbonyl (C=O) groups is 1. The molecule has 0 radical (unpaired) electrons. The fraction of sp³-hybridized carbons (Fsp3) is 0.462. The van der Waals surface area contributed by atoms with Gasteiger partial charge >= 0.3 is 0 Å². The molecule has 0 aromatic heterocycles. The minimum Gasteiger partial charge on any atom is -0.507 e. The number of hydrogen-bond acceptors (Lipinski definition) is 3. The molecule has 17 heavy (non-hydrogen) atoms. The summed E-state index contributed by atoms with van der Waals surface area (Å²) in [5.41, 5.74) is -0.651. The maximum absolute atomic E-state index is 11.8. The second-order valence-electron chi connectivity index (χ2n) is 4.13. The molecular weight excluding hydrogens is 218 g/mol. The van der Waals surface area contributed by atoms with Crippen LogP contribution in [0.15, 0.2) is 24.3 Å². The Kier molecular flexibility index (Phi) is 4.52. The molecule has 0 fully saturated rings. The fourth-order valence-corrected chi connectivity index (χ4v) is 1.51. The summed E-state index contributed by atoms with van der Waals surface area (Å²) in [7, 11) is 0. The molecular formula is C13H19NO3. The van der Waals surface area contributed by atoms with Gasteiger partial charge in [-0.2, -0.15) is 0 Å². The van der Waals surface area contributed by atoms with Crippen LogP contribution in [0.4, 0.5) is 0 Å². The van der Waals surface area contributed by atoms with E-state index in [1.165, 1.54) is 6.07 Å². The third-order valence-corrected chi connectivity index (χ3v) is 3.04. The first-order valence-corrected chi connectivity index (χ1v) is 5.81. The van der Waals surface area contributed by atoms with Crippen molar-refractivity contribution in [1.29, 1.82) is 0 Å². The summed E-state index contributed by atoms with van der Waals surface area (Å²) in [4.78, 5) is 11.8. The van der Waals surface area contributed by atoms with E-state index in [4.69, 9.17) is 0 Å². The zero-order chi connectivity index (χ0) is 12.9. The molecule has 0 aliphatic carbocycles. The summed E-state index contributed by atoms with van der Waals surface area (Å²) < 4.78 is 0. The fourth-order valence-electron chi connectivity index (χ4n) is 1.51. The van der Waals surface area contributed by atoms with E-state index in [0.717, 1.165) is 0 Å². The van der Waals surface area contributed by atoms with Gasteiger partial charge in [0, 0.05) is 6.54 Å². The molecule has 0 unspecified atom stereocenters. The molecule has 1 aromatic rings. The lowest BCUT2D eigenvalue weighted by molar-refractivity contribution is 0.0313. The van der Waals surface area contributed by atoms with Gasteiger partial charge in [0.15, 0.2) is 0 Å². The maximum Gasteiger partial charge on any atom is 0.255 e. The van der Waals surface area contributed by atoms with Gasteiger partial charge in [0.1, 0.15) is 5.75 Å². The Morgan fingerprint density at radius 3 is 2.41 bits per heavy atom. The average Bonchev–Trinajstić information content (AvgIpc) is 2.36. The van der Waals surface area contributed by atoms with E-state index in [0.29, 0.717) is 12.8 Å². The Morgan fingerprint density at radius 1 is 1.29 bits per heavy atom. The summed E-state index contributed by atoms with van der Waals surface area (Å²) >= 11 is 0. The van der Waals surface area contributed by atoms with Crippen molar-refractivity contribution in [3.63, 3.8) is 0 Å². The molecule has 94 valence electrons. The number of carbonyl (C=O) groups excluding carboxylic acids is 1. The summed E-state index contributed by atoms with van der Waals surface area (Å²) in [6, 6.07) is 6.34. The van der Waals surface area contributed by atoms with Crippen molar-refractivity contribution >= 4 is 5.91 Å². The standard InChI is InChI=1S/C13H19NO3/c1-3-13(17,4-2)9-14-12(16)10-7-5-6-8-11(10)15/h5-8,15,17H,3-4,9H2,1-2H3,(H,14,16). The number of phenolic OH excluding ortho intramolecular Hbond substituents is 1. The number of rotatable bonds is 5. The Morgan fingerprint density at radius 2 is 1.88 bits per heavy atom. The molecule has 0 heterocycles. The normalized spacial score (nSPS) is 11.2. The number of benzene rings is 1. The molecule has 1 rings (SSSR count). The maximum atomic E-state index is 11.8. The van der Waals surface area contributed by atoms with Crippen LogP contribution in [0.3, 0.4) is 0 Å². The quantitative estimate of drug-likeness (QED) is 0.729. The zero-order valence-corrected chi connectivity index (χ0v) is 10.2. The predicted octanol–water partition coefficient (Wildman–Crippen LogP) is 1.67. The molecule has 1 aromatic carbocycles. The van der Waals surface area contributed by atoms with E-state index < -0.39 is 5.60 Å². The zero-order valence-electron chi connectivity index (χ0n) is 10.2. The Hall–Kier alpha value is -1.55. The van der Waals surface area contributed by atoms with Crippen molar-refractivity contribution in [3.8, 4) is 5.75 Å². The molecule has 0 aliphatic heterocycles. The van der Waals surface area contributed by atoms with E-state index in [2.05, 4.69) is 5.32 Å². The van der Waals surface area contributed by atoms with Gasteiger partial charge in [0.05, 0.1) is 11.2 Å². The SMILES string of the molecule is CCC(O)(CC)CNC(=O)c1ccccc1O. The summed E-state index contributed by atoms with van der Waals surface area (Å²) in [6.45, 7) is 3.93. The first-order chi connectivity index (χ1) is 8.02. The molecule has 3 N–H and O–H groups in total. The minimum atomic E-state index is -0.875. The molecule has 0 saturated carbocycles. The van der Waals surface area contributed by atoms with Gasteiger partial charge in [-0.1, -0.05) is 26.0 Å². The Balaban J connectivity index is 2.65. The monoisotopic (exact) mass is 237 g/mol. The predicted molar refractivity (Wildman–Crippen MR) is 66.0 cm³/mol. The molecule has 0 saturated heterocycles. The van der Waals surface area contributed by atoms with Crippen molar-refractivity contribution in [2.75, 3.05) is 6.54 Å². The molecule has 0 atom stereocenters. The second-order valence-corrected chi connectivity index (χ2v) is 4.13. The number of nitrogens with one attached hydrogen (secondary N) is 1. The largest absolute Gasteiger partial charge is 0.507 e. The lowest BCUT2D eigenvalue weighted by Crippen LogP contribution is -2.42. The van der Waals surface area contributed by atoms with Crippen LogP contribution in [0.5, 0.6) is 5.75 Å². The van der Waals surface area contributed by atoms with Crippen LogP contribution in [-0.2, 0) is 0 Å². The summed E-state index contributed by atoms with van der Waals surface area (Å²) in [6.07, 6.45) is 1.15. The van der Waals surface area contributed by atoms with E-state index in [-0.39, 0.29) is 23.8 Å². The first-order valence-electron chi connectivity index (χ1n) is 5.81. The second kappa shape index (κ2) is 5.68. The molecule has 4 heteroatoms. The molecule has 0 bridgehead atoms. The summed E-state index contributed by atoms with van der Waals surface area (Å²) in [5.74, 6) is -0.426. The number of hydrogen-bond donors (Lipinski definition) is 3. The van der Waals surface area contributed by atoms with Crippen molar-refractivity contribution in [2.24, 2.45) is 0 Å². The van der Waals surface area contributed by atoms with Crippen LogP contribution in [0.25, 0.3) is 0 Å². The van der Waals surface area contributed by atoms with Gasteiger partial charge < -0.3 is 15.5 Å². The van der Waals surface area contributed by atoms with Gasteiger partial charge in [-0.25, -0.2) is 0 Å². The average molecular weight is 237 g/mol. The van der Waals surface area contributed by atoms with Crippen molar-refractivity contribution < 1.29 is 15.0 Å². The first kappa shape index (κ1) is 13.5. The molecule has 4 nitrogen and oxygen atoms in total. The van der Waals surface area contributed by atoms with Crippen molar-refractivity contribution in [1.82, 2.24) is 5.32 Å². The number of aliphatic hydroxyl groups is 1. The number of phenols is 1. The van der Waals surface area contributed by atoms with Crippen LogP contribution in [0, 0.1) is 0 Å². The minimum absolute atomic E-state index is 0.0541. The number of para-hydroxylation sites is 1. The van der Waals surface area contributed by atoms with Gasteiger partial charge in [0.25, 0.3) is 5.91 Å². The molecule has 0 spiro atoms. The van der Waals surface area contributed by atoms with Gasteiger partial charge in [-0.05, 0) is 25.0 Å². The third kappa shape index (κ3) is 3.46. The Labute approximate surface area is 101 Å². The summed E-state index contributed by atoms with van der Waals surface area (Å²) in [5, 5.41) is 22.2. The highest BCUT2D eigenvalue weighted by atomic mass is 16.3. The highest BCUT2D eigenvalue weighted by molar-refractivity contribution is 5.96. The van der Waals surface area contributed by atoms with Crippen LogP contribution in [0.1, 0.15) is 37.0 Å². The van der Waals surface area contributed by atoms with Crippen LogP contribution in [0.2, 0.25) is 0 Å². The van der Waals surface area contributed by atoms with Crippen LogP contribution < -0.4 is 5.32 Å². The third-order valence-electron chi connectivity index (χ3n) is 3.04. The van der Waals surface area contributed by atoms with E-state index >= 15 is 0 Å². The highest BCUT2D eigenvalue weighted by Crippen LogP contribution is 2.17. The molecule has 1 amide bonds. The smallest absolute Gasteiger partial charge is 0.255 e. The Bertz CT molecular complexity index is 386. The van der Waals surface area contributed by atoms with Gasteiger partial charge in [-0.15, -0.1) is 0 Å². The van der Waals surface area contributed by atoms with Crippen LogP contribution in [-0.4, -0.2) is 28.3 Å². The van der Waals surface area contributed by atoms with Gasteiger partial charge in [-0.3, -0.25) is 4.79 Å². The lowest BCUT2D eigenvalue weighted by atomic mass is 9.97. The van der Waals surface area contributed by atoms with E-state index in [9.17, 15) is 15.0 Å². The van der Waals surface area contributed by atoms with Crippen LogP contribution >= 0.6 is 0 Å². The lowest BCUT2D eigenvalue weighted by Gasteiger charge is -2.25. The number of amides is 1. The van der Waals surface area contributed by atoms with Crippen molar-refractivity contribution in [2.45, 2.75) is 32.3 Å². The van der Waals surface area contributed by atoms with Gasteiger partial charge in [0.2, 0.25) is 0 Å². The number of aromatic hydroxyl groups is 1.